The quantitative estimate of drug-likeness (QED) is 0.911. The number of halogens is 1. The van der Waals surface area contributed by atoms with Crippen molar-refractivity contribution in [3.63, 3.8) is 0 Å². The lowest BCUT2D eigenvalue weighted by Gasteiger charge is -2.21. The molecular weight excluding hydrogens is 336 g/mol. The molecule has 1 amide bonds. The number of para-hydroxylation sites is 1. The Bertz CT molecular complexity index is 741. The minimum Gasteiger partial charge on any atom is -0.334 e. The summed E-state index contributed by atoms with van der Waals surface area (Å²) in [6.07, 6.45) is 3.33. The van der Waals surface area contributed by atoms with Gasteiger partial charge in [-0.2, -0.15) is 5.10 Å². The molecule has 0 spiro atoms. The van der Waals surface area contributed by atoms with Gasteiger partial charge in [-0.3, -0.25) is 4.79 Å². The van der Waals surface area contributed by atoms with E-state index in [2.05, 4.69) is 6.92 Å². The molecule has 1 saturated carbocycles. The molecule has 2 heterocycles. The number of carbonyl (C=O) groups is 1. The minimum absolute atomic E-state index is 0. The van der Waals surface area contributed by atoms with Gasteiger partial charge in [0.05, 0.1) is 11.4 Å². The van der Waals surface area contributed by atoms with Gasteiger partial charge >= 0.3 is 0 Å². The van der Waals surface area contributed by atoms with Gasteiger partial charge in [0.25, 0.3) is 5.91 Å². The number of benzene rings is 1. The van der Waals surface area contributed by atoms with Crippen molar-refractivity contribution in [2.75, 3.05) is 13.1 Å². The second-order valence-electron chi connectivity index (χ2n) is 7.12. The summed E-state index contributed by atoms with van der Waals surface area (Å²) in [6, 6.07) is 12.2. The smallest absolute Gasteiger partial charge is 0.272 e. The highest BCUT2D eigenvalue weighted by atomic mass is 35.5. The van der Waals surface area contributed by atoms with Crippen LogP contribution in [0.3, 0.4) is 0 Å². The second kappa shape index (κ2) is 7.18. The van der Waals surface area contributed by atoms with Crippen LogP contribution in [0.1, 0.15) is 48.3 Å². The molecule has 6 heteroatoms. The van der Waals surface area contributed by atoms with E-state index in [4.69, 9.17) is 10.8 Å². The van der Waals surface area contributed by atoms with Crippen LogP contribution in [-0.4, -0.2) is 39.7 Å². The van der Waals surface area contributed by atoms with Crippen molar-refractivity contribution in [2.45, 2.75) is 38.1 Å². The van der Waals surface area contributed by atoms with Gasteiger partial charge in [0.2, 0.25) is 0 Å². The topological polar surface area (TPSA) is 64.2 Å². The number of aromatic nitrogens is 2. The molecule has 1 saturated heterocycles. The molecule has 2 N–H and O–H groups in total. The summed E-state index contributed by atoms with van der Waals surface area (Å²) in [7, 11) is 0. The lowest BCUT2D eigenvalue weighted by molar-refractivity contribution is 0.0734. The van der Waals surface area contributed by atoms with Crippen molar-refractivity contribution in [1.82, 2.24) is 14.7 Å². The summed E-state index contributed by atoms with van der Waals surface area (Å²) in [4.78, 5) is 15.2. The first-order chi connectivity index (χ1) is 11.7. The maximum Gasteiger partial charge on any atom is 0.272 e. The monoisotopic (exact) mass is 360 g/mol. The number of carbonyl (C=O) groups excluding carboxylic acids is 1. The molecule has 1 aromatic heterocycles. The first kappa shape index (κ1) is 18.0. The summed E-state index contributed by atoms with van der Waals surface area (Å²) in [5, 5.41) is 4.74. The molecule has 0 radical (unpaired) electrons. The Morgan fingerprint density at radius 2 is 2.00 bits per heavy atom. The van der Waals surface area contributed by atoms with E-state index in [1.165, 1.54) is 12.8 Å². The zero-order valence-electron chi connectivity index (χ0n) is 14.5. The molecule has 0 bridgehead atoms. The van der Waals surface area contributed by atoms with E-state index in [0.717, 1.165) is 24.3 Å². The molecule has 134 valence electrons. The standard InChI is InChI=1S/C19H24N4O.ClH/c1-13-9-14(11-20)12-22(13)19(24)18-10-17(15-7-8-15)21-23(18)16-5-3-2-4-6-16;/h2-6,10,13-15H,7-9,11-12,20H2,1H3;1H. The normalized spacial score (nSPS) is 22.7. The minimum atomic E-state index is 0. The van der Waals surface area contributed by atoms with Crippen LogP contribution in [0.25, 0.3) is 5.69 Å². The molecule has 5 nitrogen and oxygen atoms in total. The number of rotatable bonds is 4. The Labute approximate surface area is 154 Å². The van der Waals surface area contributed by atoms with Gasteiger partial charge in [-0.15, -0.1) is 12.4 Å². The van der Waals surface area contributed by atoms with E-state index >= 15 is 0 Å². The lowest BCUT2D eigenvalue weighted by atomic mass is 10.1. The zero-order chi connectivity index (χ0) is 16.7. The van der Waals surface area contributed by atoms with Crippen LogP contribution in [0.15, 0.2) is 36.4 Å². The van der Waals surface area contributed by atoms with E-state index in [1.807, 2.05) is 46.0 Å². The molecule has 2 unspecified atom stereocenters. The maximum atomic E-state index is 13.2. The van der Waals surface area contributed by atoms with Crippen LogP contribution in [0, 0.1) is 5.92 Å². The maximum absolute atomic E-state index is 13.2. The van der Waals surface area contributed by atoms with Crippen molar-refractivity contribution in [3.05, 3.63) is 47.8 Å². The Balaban J connectivity index is 0.00000182. The Kier molecular flexibility index (Phi) is 5.16. The Hall–Kier alpha value is -1.85. The fourth-order valence-corrected chi connectivity index (χ4v) is 3.64. The van der Waals surface area contributed by atoms with Gasteiger partial charge in [-0.1, -0.05) is 18.2 Å². The largest absolute Gasteiger partial charge is 0.334 e. The van der Waals surface area contributed by atoms with Crippen molar-refractivity contribution in [1.29, 1.82) is 0 Å². The van der Waals surface area contributed by atoms with Gasteiger partial charge in [-0.25, -0.2) is 4.68 Å². The van der Waals surface area contributed by atoms with E-state index in [0.29, 0.717) is 24.1 Å². The van der Waals surface area contributed by atoms with Gasteiger partial charge in [0, 0.05) is 18.5 Å². The highest BCUT2D eigenvalue weighted by Gasteiger charge is 2.35. The van der Waals surface area contributed by atoms with E-state index in [9.17, 15) is 4.79 Å². The predicted octanol–water partition coefficient (Wildman–Crippen LogP) is 2.98. The van der Waals surface area contributed by atoms with Crippen LogP contribution in [0.5, 0.6) is 0 Å². The number of amides is 1. The van der Waals surface area contributed by atoms with E-state index < -0.39 is 0 Å². The summed E-state index contributed by atoms with van der Waals surface area (Å²) < 4.78 is 1.82. The van der Waals surface area contributed by atoms with Gasteiger partial charge < -0.3 is 10.6 Å². The Morgan fingerprint density at radius 1 is 1.28 bits per heavy atom. The van der Waals surface area contributed by atoms with E-state index in [-0.39, 0.29) is 24.4 Å². The summed E-state index contributed by atoms with van der Waals surface area (Å²) in [5.74, 6) is 0.996. The molecule has 2 aromatic rings. The lowest BCUT2D eigenvalue weighted by Crippen LogP contribution is -2.35. The van der Waals surface area contributed by atoms with Crippen molar-refractivity contribution >= 4 is 18.3 Å². The summed E-state index contributed by atoms with van der Waals surface area (Å²) >= 11 is 0. The molecule has 1 aliphatic heterocycles. The molecule has 25 heavy (non-hydrogen) atoms. The van der Waals surface area contributed by atoms with E-state index in [1.54, 1.807) is 0 Å². The van der Waals surface area contributed by atoms with Crippen LogP contribution in [0.4, 0.5) is 0 Å². The summed E-state index contributed by atoms with van der Waals surface area (Å²) in [5.41, 5.74) is 8.47. The molecule has 2 aliphatic rings. The van der Waals surface area contributed by atoms with Crippen molar-refractivity contribution in [2.24, 2.45) is 11.7 Å². The highest BCUT2D eigenvalue weighted by Crippen LogP contribution is 2.40. The fraction of sp³-hybridized carbons (Fsp3) is 0.474. The number of likely N-dealkylation sites (tertiary alicyclic amines) is 1. The first-order valence-corrected chi connectivity index (χ1v) is 8.83. The molecule has 4 rings (SSSR count). The number of nitrogens with two attached hydrogens (primary N) is 1. The molecular formula is C19H25ClN4O. The van der Waals surface area contributed by atoms with Crippen LogP contribution >= 0.6 is 12.4 Å². The van der Waals surface area contributed by atoms with Crippen LogP contribution in [0.2, 0.25) is 0 Å². The van der Waals surface area contributed by atoms with Gasteiger partial charge in [0.15, 0.2) is 0 Å². The second-order valence-corrected chi connectivity index (χ2v) is 7.12. The average Bonchev–Trinajstić information content (AvgIpc) is 3.25. The summed E-state index contributed by atoms with van der Waals surface area (Å²) in [6.45, 7) is 3.49. The molecule has 2 atom stereocenters. The van der Waals surface area contributed by atoms with Crippen LogP contribution in [-0.2, 0) is 0 Å². The molecule has 1 aliphatic carbocycles. The third-order valence-electron chi connectivity index (χ3n) is 5.20. The van der Waals surface area contributed by atoms with Crippen molar-refractivity contribution < 1.29 is 4.79 Å². The predicted molar refractivity (Wildman–Crippen MR) is 100 cm³/mol. The third kappa shape index (κ3) is 3.44. The highest BCUT2D eigenvalue weighted by molar-refractivity contribution is 5.93. The van der Waals surface area contributed by atoms with Gasteiger partial charge in [-0.05, 0) is 56.8 Å². The third-order valence-corrected chi connectivity index (χ3v) is 5.20. The Morgan fingerprint density at radius 3 is 2.60 bits per heavy atom. The first-order valence-electron chi connectivity index (χ1n) is 8.83. The number of nitrogens with zero attached hydrogens (tertiary/aromatic N) is 3. The molecule has 1 aromatic carbocycles. The fourth-order valence-electron chi connectivity index (χ4n) is 3.64. The average molecular weight is 361 g/mol. The zero-order valence-corrected chi connectivity index (χ0v) is 15.3. The van der Waals surface area contributed by atoms with Crippen LogP contribution < -0.4 is 5.73 Å². The number of hydrogen-bond donors (Lipinski definition) is 1. The SMILES string of the molecule is CC1CC(CN)CN1C(=O)c1cc(C2CC2)nn1-c1ccccc1.Cl. The molecule has 2 fully saturated rings. The van der Waals surface area contributed by atoms with Gasteiger partial charge in [0.1, 0.15) is 5.69 Å². The number of hydrogen-bond acceptors (Lipinski definition) is 3. The van der Waals surface area contributed by atoms with Crippen molar-refractivity contribution in [3.8, 4) is 5.69 Å².